The molecule has 2 fully saturated rings. The van der Waals surface area contributed by atoms with Crippen LogP contribution < -0.4 is 14.4 Å². The van der Waals surface area contributed by atoms with E-state index in [1.807, 2.05) is 24.3 Å². The van der Waals surface area contributed by atoms with E-state index in [9.17, 15) is 35.9 Å². The molecule has 8 nitrogen and oxygen atoms in total. The van der Waals surface area contributed by atoms with Crippen LogP contribution in [0.4, 0.5) is 36.8 Å². The number of para-hydroxylation sites is 1. The van der Waals surface area contributed by atoms with Gasteiger partial charge in [0.05, 0.1) is 18.7 Å². The molecule has 0 atom stereocenters. The molecule has 14 heteroatoms. The van der Waals surface area contributed by atoms with Crippen LogP contribution >= 0.6 is 0 Å². The minimum atomic E-state index is -4.61. The summed E-state index contributed by atoms with van der Waals surface area (Å²) < 4.78 is 93.3. The molecule has 5 rings (SSSR count). The summed E-state index contributed by atoms with van der Waals surface area (Å²) >= 11 is 0. The summed E-state index contributed by atoms with van der Waals surface area (Å²) in [5, 5.41) is 0. The minimum absolute atomic E-state index is 0.148. The highest BCUT2D eigenvalue weighted by molar-refractivity contribution is 5.91. The molecule has 0 aromatic heterocycles. The highest BCUT2D eigenvalue weighted by Crippen LogP contribution is 2.33. The molecule has 0 unspecified atom stereocenters. The van der Waals surface area contributed by atoms with Gasteiger partial charge in [0.15, 0.2) is 6.61 Å². The van der Waals surface area contributed by atoms with Crippen LogP contribution in [0, 0.1) is 0 Å². The van der Waals surface area contributed by atoms with E-state index in [0.717, 1.165) is 11.3 Å². The van der Waals surface area contributed by atoms with Gasteiger partial charge in [0.1, 0.15) is 24.2 Å². The number of alkyl halides is 6. The van der Waals surface area contributed by atoms with E-state index in [1.165, 1.54) is 23.1 Å². The molecule has 240 valence electrons. The SMILES string of the molecule is O=C(Cc1ccc(OC2CCN(CC(F)(F)F)CC2)cc1OCC(F)(F)F)N1CCC(N2C(=O)OCc3ccccc32)CC1. The molecule has 0 bridgehead atoms. The normalized spacial score (nSPS) is 19.0. The quantitative estimate of drug-likeness (QED) is 0.348. The number of carbonyl (C=O) groups excluding carboxylic acids is 2. The Hall–Kier alpha value is -3.68. The summed E-state index contributed by atoms with van der Waals surface area (Å²) in [5.41, 5.74) is 1.94. The molecule has 0 aliphatic carbocycles. The molecule has 3 aliphatic heterocycles. The summed E-state index contributed by atoms with van der Waals surface area (Å²) in [7, 11) is 0. The van der Waals surface area contributed by atoms with Crippen LogP contribution in [0.5, 0.6) is 11.5 Å². The monoisotopic (exact) mass is 629 g/mol. The summed E-state index contributed by atoms with van der Waals surface area (Å²) in [5.74, 6) is -0.236. The third-order valence-electron chi connectivity index (χ3n) is 7.99. The first kappa shape index (κ1) is 31.7. The number of carbonyl (C=O) groups is 2. The van der Waals surface area contributed by atoms with E-state index in [4.69, 9.17) is 14.2 Å². The Bertz CT molecular complexity index is 1320. The van der Waals surface area contributed by atoms with Gasteiger partial charge in [-0.2, -0.15) is 26.3 Å². The topological polar surface area (TPSA) is 71.5 Å². The fraction of sp³-hybridized carbons (Fsp3) is 0.533. The fourth-order valence-corrected chi connectivity index (χ4v) is 5.85. The number of halogens is 6. The molecule has 0 spiro atoms. The second kappa shape index (κ2) is 13.1. The van der Waals surface area contributed by atoms with Crippen LogP contribution in [0.2, 0.25) is 0 Å². The number of cyclic esters (lactones) is 1. The summed E-state index contributed by atoms with van der Waals surface area (Å²) in [4.78, 5) is 30.3. The number of piperidine rings is 2. The lowest BCUT2D eigenvalue weighted by Gasteiger charge is -2.40. The van der Waals surface area contributed by atoms with Gasteiger partial charge in [-0.25, -0.2) is 4.79 Å². The molecule has 0 radical (unpaired) electrons. The second-order valence-corrected chi connectivity index (χ2v) is 11.2. The maximum atomic E-state index is 13.2. The molecule has 3 aliphatic rings. The molecule has 2 saturated heterocycles. The maximum absolute atomic E-state index is 13.2. The lowest BCUT2D eigenvalue weighted by atomic mass is 10.00. The number of hydrogen-bond donors (Lipinski definition) is 0. The minimum Gasteiger partial charge on any atom is -0.490 e. The van der Waals surface area contributed by atoms with Gasteiger partial charge in [-0.1, -0.05) is 24.3 Å². The van der Waals surface area contributed by atoms with Crippen molar-refractivity contribution in [1.82, 2.24) is 9.80 Å². The first-order valence-electron chi connectivity index (χ1n) is 14.4. The first-order chi connectivity index (χ1) is 20.8. The van der Waals surface area contributed by atoms with Crippen LogP contribution in [0.3, 0.4) is 0 Å². The highest BCUT2D eigenvalue weighted by Gasteiger charge is 2.36. The van der Waals surface area contributed by atoms with Crippen molar-refractivity contribution in [2.75, 3.05) is 44.2 Å². The van der Waals surface area contributed by atoms with E-state index in [0.29, 0.717) is 38.8 Å². The molecular weight excluding hydrogens is 596 g/mol. The van der Waals surface area contributed by atoms with Crippen LogP contribution in [-0.4, -0.2) is 85.6 Å². The Morgan fingerprint density at radius 3 is 2.30 bits per heavy atom. The van der Waals surface area contributed by atoms with Crippen molar-refractivity contribution in [3.05, 3.63) is 53.6 Å². The van der Waals surface area contributed by atoms with E-state index >= 15 is 0 Å². The molecule has 2 amide bonds. The van der Waals surface area contributed by atoms with Crippen molar-refractivity contribution in [2.24, 2.45) is 0 Å². The van der Waals surface area contributed by atoms with Crippen LogP contribution in [0.1, 0.15) is 36.8 Å². The average molecular weight is 630 g/mol. The van der Waals surface area contributed by atoms with Crippen LogP contribution in [0.25, 0.3) is 0 Å². The number of likely N-dealkylation sites (tertiary alicyclic amines) is 2. The first-order valence-corrected chi connectivity index (χ1v) is 14.4. The molecule has 3 heterocycles. The van der Waals surface area contributed by atoms with Gasteiger partial charge in [0.2, 0.25) is 5.91 Å². The van der Waals surface area contributed by atoms with Crippen molar-refractivity contribution in [1.29, 1.82) is 0 Å². The van der Waals surface area contributed by atoms with Crippen molar-refractivity contribution >= 4 is 17.7 Å². The molecule has 44 heavy (non-hydrogen) atoms. The van der Waals surface area contributed by atoms with Gasteiger partial charge in [-0.15, -0.1) is 0 Å². The predicted molar refractivity (Wildman–Crippen MR) is 147 cm³/mol. The number of anilines is 1. The zero-order valence-corrected chi connectivity index (χ0v) is 23.8. The van der Waals surface area contributed by atoms with Crippen molar-refractivity contribution in [3.8, 4) is 11.5 Å². The van der Waals surface area contributed by atoms with Gasteiger partial charge in [-0.05, 0) is 37.8 Å². The average Bonchev–Trinajstić information content (AvgIpc) is 2.97. The summed E-state index contributed by atoms with van der Waals surface area (Å²) in [6.07, 6.45) is -8.31. The van der Waals surface area contributed by atoms with Crippen LogP contribution in [0.15, 0.2) is 42.5 Å². The van der Waals surface area contributed by atoms with E-state index in [1.54, 1.807) is 9.80 Å². The zero-order valence-electron chi connectivity index (χ0n) is 23.8. The molecule has 2 aromatic carbocycles. The zero-order chi connectivity index (χ0) is 31.5. The smallest absolute Gasteiger partial charge is 0.422 e. The third-order valence-corrected chi connectivity index (χ3v) is 7.99. The molecular formula is C30H33F6N3O5. The van der Waals surface area contributed by atoms with Crippen molar-refractivity contribution in [3.63, 3.8) is 0 Å². The number of hydrogen-bond acceptors (Lipinski definition) is 6. The Labute approximate surface area is 250 Å². The lowest BCUT2D eigenvalue weighted by molar-refractivity contribution is -0.153. The predicted octanol–water partition coefficient (Wildman–Crippen LogP) is 5.72. The van der Waals surface area contributed by atoms with Gasteiger partial charge in [0.25, 0.3) is 0 Å². The lowest BCUT2D eigenvalue weighted by Crippen LogP contribution is -2.50. The van der Waals surface area contributed by atoms with Gasteiger partial charge >= 0.3 is 18.4 Å². The number of fused-ring (bicyclic) bond motifs is 1. The van der Waals surface area contributed by atoms with E-state index in [2.05, 4.69) is 0 Å². The van der Waals surface area contributed by atoms with Gasteiger partial charge in [0, 0.05) is 49.4 Å². The Morgan fingerprint density at radius 2 is 1.61 bits per heavy atom. The van der Waals surface area contributed by atoms with E-state index in [-0.39, 0.29) is 55.1 Å². The third kappa shape index (κ3) is 8.27. The number of rotatable bonds is 8. The maximum Gasteiger partial charge on any atom is 0.422 e. The van der Waals surface area contributed by atoms with Crippen LogP contribution in [-0.2, 0) is 22.6 Å². The van der Waals surface area contributed by atoms with E-state index < -0.39 is 37.7 Å². The number of benzene rings is 2. The second-order valence-electron chi connectivity index (χ2n) is 11.2. The standard InChI is InChI=1S/C30H33F6N3O5/c31-29(32,33)18-37-11-9-23(10-12-37)44-24-6-5-20(26(16-24)43-19-30(34,35)36)15-27(40)38-13-7-22(8-14-38)39-25-4-2-1-3-21(25)17-42-28(39)41/h1-6,16,22-23H,7-15,17-19H2. The van der Waals surface area contributed by atoms with Gasteiger partial charge < -0.3 is 19.1 Å². The highest BCUT2D eigenvalue weighted by atomic mass is 19.4. The number of nitrogens with zero attached hydrogens (tertiary/aromatic N) is 3. The fourth-order valence-electron chi connectivity index (χ4n) is 5.85. The molecule has 2 aromatic rings. The molecule has 0 N–H and O–H groups in total. The summed E-state index contributed by atoms with van der Waals surface area (Å²) in [6, 6.07) is 11.6. The molecule has 0 saturated carbocycles. The van der Waals surface area contributed by atoms with Crippen molar-refractivity contribution < 1.29 is 50.1 Å². The Morgan fingerprint density at radius 1 is 0.909 bits per heavy atom. The largest absolute Gasteiger partial charge is 0.490 e. The van der Waals surface area contributed by atoms with Crippen molar-refractivity contribution in [2.45, 2.75) is 63.2 Å². The number of amides is 2. The Balaban J connectivity index is 1.20. The Kier molecular flexibility index (Phi) is 9.47. The van der Waals surface area contributed by atoms with Gasteiger partial charge in [-0.3, -0.25) is 14.6 Å². The summed E-state index contributed by atoms with van der Waals surface area (Å²) in [6.45, 7) is -1.31. The number of ether oxygens (including phenoxy) is 3.